The largest absolute Gasteiger partial charge is 0.375 e. The van der Waals surface area contributed by atoms with Gasteiger partial charge in [0.15, 0.2) is 5.13 Å². The quantitative estimate of drug-likeness (QED) is 0.870. The van der Waals surface area contributed by atoms with Crippen LogP contribution in [0.2, 0.25) is 5.02 Å². The van der Waals surface area contributed by atoms with Gasteiger partial charge < -0.3 is 5.73 Å². The first-order chi connectivity index (χ1) is 8.13. The van der Waals surface area contributed by atoms with E-state index in [0.29, 0.717) is 27.3 Å². The summed E-state index contributed by atoms with van der Waals surface area (Å²) in [6.45, 7) is 1.89. The van der Waals surface area contributed by atoms with Crippen LogP contribution in [0.5, 0.6) is 0 Å². The lowest BCUT2D eigenvalue weighted by Crippen LogP contribution is -2.14. The second kappa shape index (κ2) is 4.73. The maximum Gasteiger partial charge on any atom is 0.219 e. The summed E-state index contributed by atoms with van der Waals surface area (Å²) >= 11 is 7.35. The number of para-hydroxylation sites is 1. The Morgan fingerprint density at radius 3 is 2.82 bits per heavy atom. The number of aryl methyl sites for hydroxylation is 1. The molecule has 2 aromatic rings. The number of rotatable bonds is 3. The molecule has 0 aliphatic heterocycles. The van der Waals surface area contributed by atoms with E-state index in [1.54, 1.807) is 12.3 Å². The summed E-state index contributed by atoms with van der Waals surface area (Å²) in [5, 5.41) is 1.58. The van der Waals surface area contributed by atoms with E-state index < -0.39 is 0 Å². The van der Waals surface area contributed by atoms with Gasteiger partial charge in [0.2, 0.25) is 6.41 Å². The van der Waals surface area contributed by atoms with E-state index in [2.05, 4.69) is 4.98 Å². The molecule has 2 N–H and O–H groups in total. The van der Waals surface area contributed by atoms with E-state index in [4.69, 9.17) is 17.3 Å². The number of hydrogen-bond acceptors (Lipinski definition) is 4. The molecule has 6 heteroatoms. The van der Waals surface area contributed by atoms with E-state index in [-0.39, 0.29) is 0 Å². The van der Waals surface area contributed by atoms with Gasteiger partial charge >= 0.3 is 0 Å². The Balaban J connectivity index is 2.53. The van der Waals surface area contributed by atoms with Crippen molar-refractivity contribution in [2.45, 2.75) is 6.92 Å². The van der Waals surface area contributed by atoms with Crippen LogP contribution in [0.15, 0.2) is 24.4 Å². The Labute approximate surface area is 108 Å². The van der Waals surface area contributed by atoms with Gasteiger partial charge in [-0.05, 0) is 18.6 Å². The van der Waals surface area contributed by atoms with Crippen LogP contribution in [0, 0.1) is 6.92 Å². The SMILES string of the molecule is Cc1cccc(Cl)c1N(C=O)c1cnc(N)s1. The minimum Gasteiger partial charge on any atom is -0.375 e. The fraction of sp³-hybridized carbons (Fsp3) is 0.0909. The lowest BCUT2D eigenvalue weighted by molar-refractivity contribution is -0.106. The van der Waals surface area contributed by atoms with Crippen molar-refractivity contribution in [3.8, 4) is 0 Å². The molecule has 17 heavy (non-hydrogen) atoms. The van der Waals surface area contributed by atoms with Crippen LogP contribution >= 0.6 is 22.9 Å². The Morgan fingerprint density at radius 1 is 1.53 bits per heavy atom. The number of carbonyl (C=O) groups excluding carboxylic acids is 1. The maximum atomic E-state index is 11.2. The van der Waals surface area contributed by atoms with Crippen molar-refractivity contribution in [3.05, 3.63) is 35.0 Å². The van der Waals surface area contributed by atoms with Crippen LogP contribution in [0.1, 0.15) is 5.56 Å². The average molecular weight is 268 g/mol. The van der Waals surface area contributed by atoms with Crippen LogP contribution in [0.3, 0.4) is 0 Å². The van der Waals surface area contributed by atoms with E-state index in [0.717, 1.165) is 5.56 Å². The van der Waals surface area contributed by atoms with Crippen molar-refractivity contribution in [1.29, 1.82) is 0 Å². The lowest BCUT2D eigenvalue weighted by atomic mass is 10.2. The molecule has 0 radical (unpaired) electrons. The normalized spacial score (nSPS) is 10.2. The molecule has 1 aromatic heterocycles. The molecular weight excluding hydrogens is 258 g/mol. The van der Waals surface area contributed by atoms with Gasteiger partial charge in [-0.1, -0.05) is 35.1 Å². The van der Waals surface area contributed by atoms with Gasteiger partial charge in [0.05, 0.1) is 16.9 Å². The van der Waals surface area contributed by atoms with Crippen molar-refractivity contribution in [2.24, 2.45) is 0 Å². The highest BCUT2D eigenvalue weighted by molar-refractivity contribution is 7.19. The van der Waals surface area contributed by atoms with Crippen molar-refractivity contribution < 1.29 is 4.79 Å². The molecule has 88 valence electrons. The van der Waals surface area contributed by atoms with Gasteiger partial charge in [-0.15, -0.1) is 0 Å². The van der Waals surface area contributed by atoms with E-state index >= 15 is 0 Å². The minimum absolute atomic E-state index is 0.413. The number of hydrogen-bond donors (Lipinski definition) is 1. The fourth-order valence-corrected chi connectivity index (χ4v) is 2.50. The number of anilines is 3. The number of nitrogens with two attached hydrogens (primary N) is 1. The lowest BCUT2D eigenvalue weighted by Gasteiger charge is -2.18. The van der Waals surface area contributed by atoms with Crippen molar-refractivity contribution in [2.75, 3.05) is 10.6 Å². The van der Waals surface area contributed by atoms with Crippen LogP contribution in [-0.4, -0.2) is 11.4 Å². The van der Waals surface area contributed by atoms with Gasteiger partial charge in [-0.3, -0.25) is 9.69 Å². The first-order valence-electron chi connectivity index (χ1n) is 4.84. The standard InChI is InChI=1S/C11H10ClN3OS/c1-7-3-2-4-8(12)10(7)15(6-16)9-5-14-11(13)17-9/h2-6H,1H3,(H2,13,14). The molecular formula is C11H10ClN3OS. The Bertz CT molecular complexity index is 535. The molecule has 1 amide bonds. The number of aromatic nitrogens is 1. The Morgan fingerprint density at radius 2 is 2.29 bits per heavy atom. The number of nitrogen functional groups attached to an aromatic ring is 1. The van der Waals surface area contributed by atoms with E-state index in [1.165, 1.54) is 16.2 Å². The Hall–Kier alpha value is -1.59. The summed E-state index contributed by atoms with van der Waals surface area (Å²) < 4.78 is 0. The fourth-order valence-electron chi connectivity index (χ4n) is 1.53. The molecule has 1 heterocycles. The monoisotopic (exact) mass is 267 g/mol. The van der Waals surface area contributed by atoms with Crippen LogP contribution < -0.4 is 10.6 Å². The summed E-state index contributed by atoms with van der Waals surface area (Å²) in [5.74, 6) is 0. The number of thiazole rings is 1. The minimum atomic E-state index is 0.413. The summed E-state index contributed by atoms with van der Waals surface area (Å²) in [5.41, 5.74) is 7.13. The first kappa shape index (κ1) is 11.9. The molecule has 0 unspecified atom stereocenters. The molecule has 0 saturated carbocycles. The molecule has 4 nitrogen and oxygen atoms in total. The molecule has 0 saturated heterocycles. The average Bonchev–Trinajstić information content (AvgIpc) is 2.70. The van der Waals surface area contributed by atoms with Crippen molar-refractivity contribution in [3.63, 3.8) is 0 Å². The predicted octanol–water partition coefficient (Wildman–Crippen LogP) is 2.98. The third kappa shape index (κ3) is 2.25. The molecule has 0 aliphatic rings. The first-order valence-corrected chi connectivity index (χ1v) is 6.04. The second-order valence-corrected chi connectivity index (χ2v) is 4.87. The molecule has 0 fully saturated rings. The van der Waals surface area contributed by atoms with Crippen LogP contribution in [0.25, 0.3) is 0 Å². The molecule has 0 aliphatic carbocycles. The highest BCUT2D eigenvalue weighted by Crippen LogP contribution is 2.36. The maximum absolute atomic E-state index is 11.2. The number of halogens is 1. The number of benzene rings is 1. The zero-order valence-electron chi connectivity index (χ0n) is 9.05. The highest BCUT2D eigenvalue weighted by Gasteiger charge is 2.16. The molecule has 0 bridgehead atoms. The zero-order chi connectivity index (χ0) is 12.4. The third-order valence-electron chi connectivity index (χ3n) is 2.28. The second-order valence-electron chi connectivity index (χ2n) is 3.42. The number of carbonyl (C=O) groups is 1. The van der Waals surface area contributed by atoms with Crippen LogP contribution in [-0.2, 0) is 4.79 Å². The van der Waals surface area contributed by atoms with Gasteiger partial charge in [-0.25, -0.2) is 4.98 Å². The third-order valence-corrected chi connectivity index (χ3v) is 3.41. The highest BCUT2D eigenvalue weighted by atomic mass is 35.5. The van der Waals surface area contributed by atoms with Crippen LogP contribution in [0.4, 0.5) is 15.8 Å². The Kier molecular flexibility index (Phi) is 3.31. The summed E-state index contributed by atoms with van der Waals surface area (Å²) in [7, 11) is 0. The number of amides is 1. The summed E-state index contributed by atoms with van der Waals surface area (Å²) in [6.07, 6.45) is 2.26. The van der Waals surface area contributed by atoms with E-state index in [1.807, 2.05) is 19.1 Å². The van der Waals surface area contributed by atoms with Crippen molar-refractivity contribution >= 4 is 45.2 Å². The van der Waals surface area contributed by atoms with Gasteiger partial charge in [0, 0.05) is 0 Å². The summed E-state index contributed by atoms with van der Waals surface area (Å²) in [4.78, 5) is 16.6. The smallest absolute Gasteiger partial charge is 0.219 e. The summed E-state index contributed by atoms with van der Waals surface area (Å²) in [6, 6.07) is 5.47. The van der Waals surface area contributed by atoms with Gasteiger partial charge in [0.1, 0.15) is 5.00 Å². The predicted molar refractivity (Wildman–Crippen MR) is 70.9 cm³/mol. The molecule has 0 spiro atoms. The zero-order valence-corrected chi connectivity index (χ0v) is 10.6. The van der Waals surface area contributed by atoms with E-state index in [9.17, 15) is 4.79 Å². The topological polar surface area (TPSA) is 59.2 Å². The molecule has 2 rings (SSSR count). The van der Waals surface area contributed by atoms with Gasteiger partial charge in [-0.2, -0.15) is 0 Å². The molecule has 0 atom stereocenters. The van der Waals surface area contributed by atoms with Gasteiger partial charge in [0.25, 0.3) is 0 Å². The van der Waals surface area contributed by atoms with Crippen molar-refractivity contribution in [1.82, 2.24) is 4.98 Å². The molecule has 1 aromatic carbocycles. The number of nitrogens with zero attached hydrogens (tertiary/aromatic N) is 2.